The summed E-state index contributed by atoms with van der Waals surface area (Å²) in [7, 11) is 0. The molecule has 26 heavy (non-hydrogen) atoms. The SMILES string of the molecule is O=C1Cc2c([nH]c3ccc(C(F)(F)F)cc23)-c2cc(C(F)F)ccc2N1. The number of benzene rings is 2. The van der Waals surface area contributed by atoms with Gasteiger partial charge >= 0.3 is 6.18 Å². The Balaban J connectivity index is 2.00. The zero-order valence-corrected chi connectivity index (χ0v) is 13.0. The molecule has 1 aromatic heterocycles. The molecule has 1 aliphatic heterocycles. The van der Waals surface area contributed by atoms with Gasteiger partial charge in [0.05, 0.1) is 23.4 Å². The van der Waals surface area contributed by atoms with Gasteiger partial charge in [-0.15, -0.1) is 0 Å². The fourth-order valence-corrected chi connectivity index (χ4v) is 3.21. The number of anilines is 1. The number of fused-ring (bicyclic) bond motifs is 5. The standard InChI is InChI=1S/C18H11F5N2O/c19-17(20)8-1-3-14-12(5-8)16-11(7-15(26)24-14)10-6-9(18(21,22)23)2-4-13(10)25-16/h1-6,17,25H,7H2,(H,24,26). The number of aromatic amines is 1. The zero-order chi connectivity index (χ0) is 18.6. The van der Waals surface area contributed by atoms with Crippen molar-refractivity contribution in [3.05, 3.63) is 53.1 Å². The number of halogens is 5. The van der Waals surface area contributed by atoms with Crippen LogP contribution in [0.2, 0.25) is 0 Å². The number of hydrogen-bond acceptors (Lipinski definition) is 1. The lowest BCUT2D eigenvalue weighted by molar-refractivity contribution is -0.137. The molecule has 0 radical (unpaired) electrons. The van der Waals surface area contributed by atoms with Gasteiger partial charge in [0.15, 0.2) is 0 Å². The van der Waals surface area contributed by atoms with Gasteiger partial charge < -0.3 is 10.3 Å². The van der Waals surface area contributed by atoms with Crippen LogP contribution in [0.5, 0.6) is 0 Å². The second kappa shape index (κ2) is 5.55. The van der Waals surface area contributed by atoms with Crippen molar-refractivity contribution < 1.29 is 26.7 Å². The number of H-pyrrole nitrogens is 1. The first-order valence-electron chi connectivity index (χ1n) is 7.68. The molecule has 3 nitrogen and oxygen atoms in total. The molecule has 0 unspecified atom stereocenters. The summed E-state index contributed by atoms with van der Waals surface area (Å²) in [6.07, 6.45) is -7.38. The summed E-state index contributed by atoms with van der Waals surface area (Å²) >= 11 is 0. The molecule has 0 atom stereocenters. The van der Waals surface area contributed by atoms with Crippen LogP contribution in [0.15, 0.2) is 36.4 Å². The van der Waals surface area contributed by atoms with Crippen molar-refractivity contribution in [1.29, 1.82) is 0 Å². The van der Waals surface area contributed by atoms with E-state index in [4.69, 9.17) is 0 Å². The first-order chi connectivity index (χ1) is 12.2. The van der Waals surface area contributed by atoms with E-state index in [9.17, 15) is 26.7 Å². The minimum Gasteiger partial charge on any atom is -0.354 e. The summed E-state index contributed by atoms with van der Waals surface area (Å²) in [5.74, 6) is -0.423. The van der Waals surface area contributed by atoms with Gasteiger partial charge in [0.2, 0.25) is 5.91 Å². The molecule has 1 aliphatic rings. The van der Waals surface area contributed by atoms with Crippen LogP contribution >= 0.6 is 0 Å². The molecule has 3 aromatic rings. The molecule has 0 fully saturated rings. The van der Waals surface area contributed by atoms with Crippen molar-refractivity contribution in [2.45, 2.75) is 19.0 Å². The minimum absolute atomic E-state index is 0.157. The minimum atomic E-state index is -4.52. The molecule has 0 saturated carbocycles. The maximum atomic E-state index is 13.1. The zero-order valence-electron chi connectivity index (χ0n) is 13.0. The van der Waals surface area contributed by atoms with Crippen molar-refractivity contribution in [1.82, 2.24) is 4.98 Å². The van der Waals surface area contributed by atoms with E-state index >= 15 is 0 Å². The third-order valence-corrected chi connectivity index (χ3v) is 4.41. The lowest BCUT2D eigenvalue weighted by Crippen LogP contribution is -2.12. The Morgan fingerprint density at radius 1 is 1.04 bits per heavy atom. The molecule has 8 heteroatoms. The highest BCUT2D eigenvalue weighted by Crippen LogP contribution is 2.40. The first-order valence-corrected chi connectivity index (χ1v) is 7.68. The number of hydrogen-bond donors (Lipinski definition) is 2. The molecule has 0 spiro atoms. The lowest BCUT2D eigenvalue weighted by atomic mass is 10.0. The summed E-state index contributed by atoms with van der Waals surface area (Å²) in [6.45, 7) is 0. The number of amides is 1. The highest BCUT2D eigenvalue weighted by Gasteiger charge is 2.32. The molecule has 2 aromatic carbocycles. The predicted octanol–water partition coefficient (Wildman–Crippen LogP) is 5.29. The third kappa shape index (κ3) is 2.61. The lowest BCUT2D eigenvalue weighted by Gasteiger charge is -2.09. The van der Waals surface area contributed by atoms with Crippen LogP contribution in [0.1, 0.15) is 23.1 Å². The van der Waals surface area contributed by atoms with Gasteiger partial charge in [0.1, 0.15) is 0 Å². The smallest absolute Gasteiger partial charge is 0.354 e. The van der Waals surface area contributed by atoms with Gasteiger partial charge in [-0.3, -0.25) is 4.79 Å². The van der Waals surface area contributed by atoms with Crippen molar-refractivity contribution in [3.8, 4) is 11.3 Å². The molecule has 4 rings (SSSR count). The van der Waals surface area contributed by atoms with Crippen LogP contribution < -0.4 is 5.32 Å². The highest BCUT2D eigenvalue weighted by molar-refractivity contribution is 6.05. The topological polar surface area (TPSA) is 44.9 Å². The van der Waals surface area contributed by atoms with Gasteiger partial charge in [-0.25, -0.2) is 8.78 Å². The Labute approximate surface area is 143 Å². The monoisotopic (exact) mass is 366 g/mol. The van der Waals surface area contributed by atoms with E-state index in [1.54, 1.807) is 0 Å². The molecule has 1 amide bonds. The quantitative estimate of drug-likeness (QED) is 0.565. The number of aromatic nitrogens is 1. The summed E-state index contributed by atoms with van der Waals surface area (Å²) in [6, 6.07) is 7.01. The van der Waals surface area contributed by atoms with Crippen LogP contribution in [0.4, 0.5) is 27.6 Å². The van der Waals surface area contributed by atoms with Crippen molar-refractivity contribution in [2.24, 2.45) is 0 Å². The Morgan fingerprint density at radius 3 is 2.50 bits per heavy atom. The number of nitrogens with one attached hydrogen (secondary N) is 2. The third-order valence-electron chi connectivity index (χ3n) is 4.41. The van der Waals surface area contributed by atoms with Crippen LogP contribution in [0.3, 0.4) is 0 Å². The van der Waals surface area contributed by atoms with E-state index in [2.05, 4.69) is 10.3 Å². The maximum Gasteiger partial charge on any atom is 0.416 e. The summed E-state index contributed by atoms with van der Waals surface area (Å²) in [5.41, 5.74) is 0.725. The maximum absolute atomic E-state index is 13.1. The average molecular weight is 366 g/mol. The average Bonchev–Trinajstić information content (AvgIpc) is 2.85. The van der Waals surface area contributed by atoms with E-state index in [1.165, 1.54) is 24.3 Å². The molecular weight excluding hydrogens is 355 g/mol. The van der Waals surface area contributed by atoms with Gasteiger partial charge in [-0.1, -0.05) is 6.07 Å². The van der Waals surface area contributed by atoms with Crippen LogP contribution in [0.25, 0.3) is 22.2 Å². The molecular formula is C18H11F5N2O. The van der Waals surface area contributed by atoms with Crippen molar-refractivity contribution in [3.63, 3.8) is 0 Å². The highest BCUT2D eigenvalue weighted by atomic mass is 19.4. The summed E-state index contributed by atoms with van der Waals surface area (Å²) in [5, 5.41) is 2.86. The van der Waals surface area contributed by atoms with E-state index < -0.39 is 24.1 Å². The van der Waals surface area contributed by atoms with Gasteiger partial charge in [-0.05, 0) is 35.9 Å². The predicted molar refractivity (Wildman–Crippen MR) is 86.0 cm³/mol. The normalized spacial score (nSPS) is 14.2. The van der Waals surface area contributed by atoms with E-state index in [0.717, 1.165) is 12.1 Å². The van der Waals surface area contributed by atoms with Crippen LogP contribution in [-0.4, -0.2) is 10.9 Å². The van der Waals surface area contributed by atoms with E-state index in [1.807, 2.05) is 0 Å². The molecule has 2 N–H and O–H groups in total. The second-order valence-electron chi connectivity index (χ2n) is 6.07. The molecule has 0 bridgehead atoms. The molecule has 2 heterocycles. The number of rotatable bonds is 1. The number of carbonyl (C=O) groups excluding carboxylic acids is 1. The largest absolute Gasteiger partial charge is 0.416 e. The van der Waals surface area contributed by atoms with Crippen LogP contribution in [-0.2, 0) is 17.4 Å². The van der Waals surface area contributed by atoms with Crippen molar-refractivity contribution in [2.75, 3.05) is 5.32 Å². The van der Waals surface area contributed by atoms with Gasteiger partial charge in [0, 0.05) is 22.0 Å². The van der Waals surface area contributed by atoms with Gasteiger partial charge in [0.25, 0.3) is 6.43 Å². The van der Waals surface area contributed by atoms with Crippen LogP contribution in [0, 0.1) is 0 Å². The van der Waals surface area contributed by atoms with E-state index in [0.29, 0.717) is 28.0 Å². The first kappa shape index (κ1) is 16.6. The van der Waals surface area contributed by atoms with Crippen molar-refractivity contribution >= 4 is 22.5 Å². The Bertz CT molecular complexity index is 1040. The molecule has 0 aliphatic carbocycles. The Hall–Kier alpha value is -2.90. The molecule has 134 valence electrons. The molecule has 0 saturated heterocycles. The Morgan fingerprint density at radius 2 is 1.81 bits per heavy atom. The van der Waals surface area contributed by atoms with E-state index in [-0.39, 0.29) is 17.4 Å². The second-order valence-corrected chi connectivity index (χ2v) is 6.07. The summed E-state index contributed by atoms with van der Waals surface area (Å²) in [4.78, 5) is 15.1. The van der Waals surface area contributed by atoms with Gasteiger partial charge in [-0.2, -0.15) is 13.2 Å². The fourth-order valence-electron chi connectivity index (χ4n) is 3.21. The number of alkyl halides is 5. The number of carbonyl (C=O) groups is 1. The fraction of sp³-hybridized carbons (Fsp3) is 0.167. The Kier molecular flexibility index (Phi) is 3.54. The summed E-state index contributed by atoms with van der Waals surface area (Å²) < 4.78 is 65.2.